The second kappa shape index (κ2) is 8.19. The van der Waals surface area contributed by atoms with E-state index in [0.29, 0.717) is 22.7 Å². The minimum Gasteiger partial charge on any atom is -0.333 e. The highest BCUT2D eigenvalue weighted by atomic mass is 16.5. The normalized spacial score (nSPS) is 11.1. The second-order valence-electron chi connectivity index (χ2n) is 7.71. The van der Waals surface area contributed by atoms with Crippen molar-refractivity contribution in [2.45, 2.75) is 20.4 Å². The van der Waals surface area contributed by atoms with Crippen LogP contribution in [0, 0.1) is 13.8 Å². The topological polar surface area (TPSA) is 107 Å². The molecule has 3 aromatic heterocycles. The van der Waals surface area contributed by atoms with E-state index in [4.69, 9.17) is 4.52 Å². The Morgan fingerprint density at radius 2 is 1.88 bits per heavy atom. The molecule has 5 rings (SSSR count). The van der Waals surface area contributed by atoms with Gasteiger partial charge in [0.25, 0.3) is 5.89 Å². The lowest BCUT2D eigenvalue weighted by molar-refractivity contribution is -0.117. The van der Waals surface area contributed by atoms with E-state index in [2.05, 4.69) is 20.6 Å². The minimum atomic E-state index is -0.439. The molecule has 0 spiro atoms. The lowest BCUT2D eigenvalue weighted by Gasteiger charge is -2.08. The predicted octanol–water partition coefficient (Wildman–Crippen LogP) is 3.47. The van der Waals surface area contributed by atoms with Crippen LogP contribution in [0.5, 0.6) is 0 Å². The zero-order valence-electron chi connectivity index (χ0n) is 18.0. The fourth-order valence-corrected chi connectivity index (χ4v) is 3.54. The number of carbonyl (C=O) groups is 1. The summed E-state index contributed by atoms with van der Waals surface area (Å²) in [7, 11) is 0. The van der Waals surface area contributed by atoms with Gasteiger partial charge in [0.05, 0.1) is 5.56 Å². The molecule has 0 aliphatic carbocycles. The molecule has 0 unspecified atom stereocenters. The van der Waals surface area contributed by atoms with Gasteiger partial charge < -0.3 is 9.84 Å². The van der Waals surface area contributed by atoms with E-state index in [0.717, 1.165) is 21.4 Å². The molecule has 9 heteroatoms. The first-order valence-corrected chi connectivity index (χ1v) is 10.3. The molecule has 0 radical (unpaired) electrons. The van der Waals surface area contributed by atoms with Crippen molar-refractivity contribution in [1.82, 2.24) is 24.3 Å². The number of hydrogen-bond donors (Lipinski definition) is 1. The van der Waals surface area contributed by atoms with Crippen LogP contribution in [-0.4, -0.2) is 30.2 Å². The molecule has 0 bridgehead atoms. The van der Waals surface area contributed by atoms with Crippen molar-refractivity contribution in [3.8, 4) is 22.8 Å². The third-order valence-electron chi connectivity index (χ3n) is 5.26. The molecule has 0 saturated heterocycles. The number of nitrogens with zero attached hydrogens (tertiary/aromatic N) is 5. The molecule has 9 nitrogen and oxygen atoms in total. The van der Waals surface area contributed by atoms with Crippen molar-refractivity contribution in [2.24, 2.45) is 0 Å². The number of rotatable bonds is 5. The van der Waals surface area contributed by atoms with E-state index in [9.17, 15) is 9.59 Å². The van der Waals surface area contributed by atoms with Crippen molar-refractivity contribution in [2.75, 3.05) is 5.32 Å². The molecular weight excluding hydrogens is 420 g/mol. The summed E-state index contributed by atoms with van der Waals surface area (Å²) in [6.45, 7) is 3.63. The highest BCUT2D eigenvalue weighted by Crippen LogP contribution is 2.24. The predicted molar refractivity (Wildman–Crippen MR) is 123 cm³/mol. The van der Waals surface area contributed by atoms with Crippen LogP contribution in [0.1, 0.15) is 11.1 Å². The Bertz CT molecular complexity index is 1530. The van der Waals surface area contributed by atoms with Crippen molar-refractivity contribution in [3.63, 3.8) is 0 Å². The van der Waals surface area contributed by atoms with Gasteiger partial charge in [-0.1, -0.05) is 47.6 Å². The first kappa shape index (κ1) is 20.4. The van der Waals surface area contributed by atoms with E-state index >= 15 is 0 Å². The Morgan fingerprint density at radius 3 is 2.70 bits per heavy atom. The zero-order valence-corrected chi connectivity index (χ0v) is 18.0. The fraction of sp³-hybridized carbons (Fsp3) is 0.125. The molecule has 164 valence electrons. The number of anilines is 1. The molecular formula is C24H20N6O3. The quantitative estimate of drug-likeness (QED) is 0.448. The van der Waals surface area contributed by atoms with E-state index in [-0.39, 0.29) is 18.3 Å². The Balaban J connectivity index is 1.46. The maximum Gasteiger partial charge on any atom is 0.350 e. The first-order chi connectivity index (χ1) is 16.0. The highest BCUT2D eigenvalue weighted by Gasteiger charge is 2.18. The standard InChI is InChI=1S/C24H20N6O3/c1-15-10-11-16(2)19(13-15)25-20(31)14-30-24(32)29-12-6-9-18(22(29)27-30)23-26-21(28-33-23)17-7-4-3-5-8-17/h3-13H,14H2,1-2H3,(H,25,31). The van der Waals surface area contributed by atoms with Crippen LogP contribution in [0.2, 0.25) is 0 Å². The molecule has 1 amide bonds. The molecule has 0 aliphatic heterocycles. The number of nitrogens with one attached hydrogen (secondary N) is 1. The van der Waals surface area contributed by atoms with Gasteiger partial charge in [-0.2, -0.15) is 4.98 Å². The summed E-state index contributed by atoms with van der Waals surface area (Å²) in [6.07, 6.45) is 1.59. The van der Waals surface area contributed by atoms with Gasteiger partial charge in [0.1, 0.15) is 6.54 Å². The summed E-state index contributed by atoms with van der Waals surface area (Å²) in [4.78, 5) is 29.9. The number of carbonyl (C=O) groups excluding carboxylic acids is 1. The lowest BCUT2D eigenvalue weighted by atomic mass is 10.1. The van der Waals surface area contributed by atoms with Gasteiger partial charge in [0, 0.05) is 17.4 Å². The minimum absolute atomic E-state index is 0.230. The van der Waals surface area contributed by atoms with Crippen LogP contribution in [0.15, 0.2) is 76.2 Å². The van der Waals surface area contributed by atoms with E-state index in [1.165, 1.54) is 4.40 Å². The number of pyridine rings is 1. The van der Waals surface area contributed by atoms with E-state index in [1.54, 1.807) is 18.3 Å². The maximum atomic E-state index is 12.9. The Labute approximate surface area is 188 Å². The van der Waals surface area contributed by atoms with Crippen LogP contribution in [0.4, 0.5) is 5.69 Å². The van der Waals surface area contributed by atoms with Gasteiger partial charge in [-0.05, 0) is 43.2 Å². The van der Waals surface area contributed by atoms with Gasteiger partial charge >= 0.3 is 5.69 Å². The third-order valence-corrected chi connectivity index (χ3v) is 5.26. The van der Waals surface area contributed by atoms with Crippen molar-refractivity contribution < 1.29 is 9.32 Å². The summed E-state index contributed by atoms with van der Waals surface area (Å²) < 4.78 is 7.91. The fourth-order valence-electron chi connectivity index (χ4n) is 3.54. The maximum absolute atomic E-state index is 12.9. The third kappa shape index (κ3) is 3.91. The Morgan fingerprint density at radius 1 is 1.06 bits per heavy atom. The SMILES string of the molecule is Cc1ccc(C)c(NC(=O)Cn2nc3c(-c4nc(-c5ccccc5)no4)cccn3c2=O)c1. The van der Waals surface area contributed by atoms with Gasteiger partial charge in [0.2, 0.25) is 11.7 Å². The van der Waals surface area contributed by atoms with Crippen LogP contribution in [0.3, 0.4) is 0 Å². The van der Waals surface area contributed by atoms with Crippen molar-refractivity contribution in [3.05, 3.63) is 88.5 Å². The number of aryl methyl sites for hydroxylation is 2. The van der Waals surface area contributed by atoms with Gasteiger partial charge in [-0.3, -0.25) is 4.79 Å². The van der Waals surface area contributed by atoms with Gasteiger partial charge in [-0.25, -0.2) is 13.9 Å². The van der Waals surface area contributed by atoms with E-state index < -0.39 is 5.69 Å². The highest BCUT2D eigenvalue weighted by molar-refractivity contribution is 5.91. The molecule has 0 saturated carbocycles. The molecule has 3 heterocycles. The average Bonchev–Trinajstić information content (AvgIpc) is 3.42. The summed E-state index contributed by atoms with van der Waals surface area (Å²) in [5, 5.41) is 11.3. The van der Waals surface area contributed by atoms with Crippen LogP contribution >= 0.6 is 0 Å². The average molecular weight is 440 g/mol. The number of aromatic nitrogens is 5. The first-order valence-electron chi connectivity index (χ1n) is 10.3. The monoisotopic (exact) mass is 440 g/mol. The number of fused-ring (bicyclic) bond motifs is 1. The molecule has 1 N–H and O–H groups in total. The smallest absolute Gasteiger partial charge is 0.333 e. The largest absolute Gasteiger partial charge is 0.350 e. The molecule has 5 aromatic rings. The van der Waals surface area contributed by atoms with Crippen LogP contribution in [-0.2, 0) is 11.3 Å². The molecule has 0 aliphatic rings. The second-order valence-corrected chi connectivity index (χ2v) is 7.71. The van der Waals surface area contributed by atoms with Crippen molar-refractivity contribution in [1.29, 1.82) is 0 Å². The Kier molecular flexibility index (Phi) is 5.06. The summed E-state index contributed by atoms with van der Waals surface area (Å²) >= 11 is 0. The number of amides is 1. The van der Waals surface area contributed by atoms with Gasteiger partial charge in [-0.15, -0.1) is 5.10 Å². The Hall–Kier alpha value is -4.53. The molecule has 2 aromatic carbocycles. The zero-order chi connectivity index (χ0) is 22.9. The molecule has 0 fully saturated rings. The van der Waals surface area contributed by atoms with Crippen LogP contribution < -0.4 is 11.0 Å². The summed E-state index contributed by atoms with van der Waals surface area (Å²) in [5.74, 6) is 0.318. The molecule has 33 heavy (non-hydrogen) atoms. The van der Waals surface area contributed by atoms with Crippen molar-refractivity contribution >= 4 is 17.2 Å². The number of benzene rings is 2. The van der Waals surface area contributed by atoms with Gasteiger partial charge in [0.15, 0.2) is 5.65 Å². The summed E-state index contributed by atoms with van der Waals surface area (Å²) in [5.41, 5.74) is 3.86. The summed E-state index contributed by atoms with van der Waals surface area (Å²) in [6, 6.07) is 18.7. The van der Waals surface area contributed by atoms with Crippen LogP contribution in [0.25, 0.3) is 28.5 Å². The number of hydrogen-bond acceptors (Lipinski definition) is 6. The molecule has 0 atom stereocenters. The lowest BCUT2D eigenvalue weighted by Crippen LogP contribution is -2.28. The van der Waals surface area contributed by atoms with E-state index in [1.807, 2.05) is 62.4 Å².